The van der Waals surface area contributed by atoms with Crippen molar-refractivity contribution in [3.8, 4) is 0 Å². The van der Waals surface area contributed by atoms with Crippen molar-refractivity contribution in [2.24, 2.45) is 4.99 Å². The Morgan fingerprint density at radius 3 is 2.41 bits per heavy atom. The summed E-state index contributed by atoms with van der Waals surface area (Å²) in [7, 11) is 6.90. The summed E-state index contributed by atoms with van der Waals surface area (Å²) < 4.78 is 2.85. The number of benzene rings is 1. The number of amides is 2. The molecule has 0 saturated carbocycles. The number of hydrogen-bond acceptors (Lipinski definition) is 4. The van der Waals surface area contributed by atoms with Gasteiger partial charge in [-0.15, -0.1) is 0 Å². The Morgan fingerprint density at radius 1 is 1.26 bits per heavy atom. The first-order chi connectivity index (χ1) is 12.7. The third-order valence-corrected chi connectivity index (χ3v) is 4.40. The highest BCUT2D eigenvalue weighted by molar-refractivity contribution is 9.10. The minimum atomic E-state index is -0.910. The van der Waals surface area contributed by atoms with E-state index in [1.807, 2.05) is 22.8 Å². The Morgan fingerprint density at radius 2 is 1.93 bits per heavy atom. The van der Waals surface area contributed by atoms with E-state index in [1.165, 1.54) is 9.80 Å². The Hall–Kier alpha value is -2.55. The van der Waals surface area contributed by atoms with Crippen LogP contribution in [0.3, 0.4) is 0 Å². The molecule has 2 heterocycles. The van der Waals surface area contributed by atoms with Crippen molar-refractivity contribution in [1.29, 1.82) is 0 Å². The molecule has 2 aromatic rings. The molecule has 0 unspecified atom stereocenters. The average Bonchev–Trinajstić information content (AvgIpc) is 3.23. The van der Waals surface area contributed by atoms with Gasteiger partial charge in [0.2, 0.25) is 0 Å². The number of carbonyl (C=O) groups excluding carboxylic acids is 1. The van der Waals surface area contributed by atoms with Crippen LogP contribution in [0.5, 0.6) is 0 Å². The highest BCUT2D eigenvalue weighted by Gasteiger charge is 2.16. The number of carboxylic acids is 1. The fraction of sp³-hybridized carbons (Fsp3) is 0.389. The molecule has 0 aliphatic carbocycles. The lowest BCUT2D eigenvalue weighted by Crippen LogP contribution is -2.33. The molecule has 0 atom stereocenters. The Kier molecular flexibility index (Phi) is 6.84. The summed E-state index contributed by atoms with van der Waals surface area (Å²) in [4.78, 5) is 29.4. The molecule has 8 nitrogen and oxygen atoms in total. The molecule has 1 aliphatic rings. The number of halogens is 1. The van der Waals surface area contributed by atoms with E-state index in [2.05, 4.69) is 26.2 Å². The second-order valence-corrected chi connectivity index (χ2v) is 7.38. The number of urea groups is 1. The van der Waals surface area contributed by atoms with E-state index in [9.17, 15) is 14.7 Å². The van der Waals surface area contributed by atoms with Crippen LogP contribution in [0.15, 0.2) is 33.9 Å². The Bertz CT molecular complexity index is 863. The molecule has 2 N–H and O–H groups in total. The van der Waals surface area contributed by atoms with Crippen LogP contribution < -0.4 is 5.32 Å². The molecule has 1 aliphatic heterocycles. The van der Waals surface area contributed by atoms with Crippen molar-refractivity contribution in [1.82, 2.24) is 19.7 Å². The first kappa shape index (κ1) is 20.8. The molecule has 3 rings (SSSR count). The van der Waals surface area contributed by atoms with Gasteiger partial charge in [-0.1, -0.05) is 22.0 Å². The molecular formula is C18H24BrN5O3. The normalized spacial score (nSPS) is 12.7. The highest BCUT2D eigenvalue weighted by atomic mass is 79.9. The minimum absolute atomic E-state index is 0.0185. The van der Waals surface area contributed by atoms with E-state index in [4.69, 9.17) is 0 Å². The number of amidine groups is 1. The van der Waals surface area contributed by atoms with Gasteiger partial charge in [0.1, 0.15) is 5.84 Å². The maximum absolute atomic E-state index is 11.3. The van der Waals surface area contributed by atoms with Gasteiger partial charge in [-0.05, 0) is 12.1 Å². The average molecular weight is 438 g/mol. The Labute approximate surface area is 166 Å². The smallest absolute Gasteiger partial charge is 0.337 e. The minimum Gasteiger partial charge on any atom is -0.478 e. The first-order valence-electron chi connectivity index (χ1n) is 8.38. The van der Waals surface area contributed by atoms with Crippen molar-refractivity contribution >= 4 is 44.7 Å². The van der Waals surface area contributed by atoms with Crippen molar-refractivity contribution in [2.75, 3.05) is 41.3 Å². The van der Waals surface area contributed by atoms with Crippen LogP contribution in [0.4, 0.5) is 4.79 Å². The number of nitrogens with zero attached hydrogens (tertiary/aromatic N) is 4. The largest absolute Gasteiger partial charge is 0.478 e. The number of carboxylic acid groups (broad SMARTS) is 1. The van der Waals surface area contributed by atoms with Crippen LogP contribution in [0.2, 0.25) is 0 Å². The summed E-state index contributed by atoms with van der Waals surface area (Å²) in [6, 6.07) is 5.62. The van der Waals surface area contributed by atoms with Gasteiger partial charge in [0.05, 0.1) is 24.2 Å². The molecule has 0 fully saturated rings. The van der Waals surface area contributed by atoms with E-state index in [0.29, 0.717) is 12.1 Å². The number of nitrogens with one attached hydrogen (secondary N) is 1. The summed E-state index contributed by atoms with van der Waals surface area (Å²) >= 11 is 3.42. The van der Waals surface area contributed by atoms with Gasteiger partial charge in [0.15, 0.2) is 0 Å². The van der Waals surface area contributed by atoms with Crippen LogP contribution in [0.1, 0.15) is 10.4 Å². The van der Waals surface area contributed by atoms with Crippen molar-refractivity contribution in [2.45, 2.75) is 6.54 Å². The van der Waals surface area contributed by atoms with Crippen LogP contribution in [0.25, 0.3) is 10.9 Å². The number of hydrogen-bond donors (Lipinski definition) is 2. The molecule has 146 valence electrons. The second-order valence-electron chi connectivity index (χ2n) is 6.46. The third kappa shape index (κ3) is 5.22. The van der Waals surface area contributed by atoms with Crippen LogP contribution in [0, 0.1) is 0 Å². The summed E-state index contributed by atoms with van der Waals surface area (Å²) in [5.74, 6) is -0.0128. The molecule has 9 heteroatoms. The second kappa shape index (κ2) is 8.90. The monoisotopic (exact) mass is 437 g/mol. The van der Waals surface area contributed by atoms with Gasteiger partial charge in [0, 0.05) is 50.8 Å². The zero-order chi connectivity index (χ0) is 20.1. The number of fused-ring (bicyclic) bond motifs is 1. The third-order valence-electron chi connectivity index (χ3n) is 3.90. The predicted octanol–water partition coefficient (Wildman–Crippen LogP) is 2.33. The summed E-state index contributed by atoms with van der Waals surface area (Å²) in [6.07, 6.45) is 1.67. The molecule has 0 radical (unpaired) electrons. The van der Waals surface area contributed by atoms with Crippen molar-refractivity contribution in [3.05, 3.63) is 34.4 Å². The van der Waals surface area contributed by atoms with Gasteiger partial charge < -0.3 is 24.8 Å². The molecule has 0 bridgehead atoms. The lowest BCUT2D eigenvalue weighted by atomic mass is 10.2. The van der Waals surface area contributed by atoms with E-state index >= 15 is 0 Å². The molecule has 1 aromatic carbocycles. The van der Waals surface area contributed by atoms with E-state index in [-0.39, 0.29) is 6.03 Å². The predicted molar refractivity (Wildman–Crippen MR) is 110 cm³/mol. The Balaban J connectivity index is 0.000000279. The van der Waals surface area contributed by atoms with E-state index in [0.717, 1.165) is 34.3 Å². The van der Waals surface area contributed by atoms with Gasteiger partial charge in [0.25, 0.3) is 0 Å². The van der Waals surface area contributed by atoms with Crippen LogP contribution >= 0.6 is 15.9 Å². The molecule has 0 spiro atoms. The number of aromatic carboxylic acids is 1. The SMILES string of the molecule is CN(C)C(=O)N(C)C.O=C(O)c1cn(CC2=NCCN2)c2cc(Br)ccc12. The zero-order valence-electron chi connectivity index (χ0n) is 15.9. The maximum Gasteiger partial charge on any atom is 0.337 e. The van der Waals surface area contributed by atoms with Crippen LogP contribution in [-0.2, 0) is 6.54 Å². The first-order valence-corrected chi connectivity index (χ1v) is 9.17. The lowest BCUT2D eigenvalue weighted by Gasteiger charge is -2.16. The lowest BCUT2D eigenvalue weighted by molar-refractivity contribution is 0.0698. The summed E-state index contributed by atoms with van der Waals surface area (Å²) in [5, 5.41) is 13.2. The van der Waals surface area contributed by atoms with Crippen molar-refractivity contribution in [3.63, 3.8) is 0 Å². The van der Waals surface area contributed by atoms with E-state index in [1.54, 1.807) is 34.4 Å². The number of aromatic nitrogens is 1. The maximum atomic E-state index is 11.3. The summed E-state index contributed by atoms with van der Waals surface area (Å²) in [5.41, 5.74) is 1.21. The fourth-order valence-electron chi connectivity index (χ4n) is 2.68. The van der Waals surface area contributed by atoms with Crippen LogP contribution in [-0.4, -0.2) is 78.6 Å². The van der Waals surface area contributed by atoms with Gasteiger partial charge in [-0.2, -0.15) is 0 Å². The number of aliphatic imine (C=N–C) groups is 1. The molecule has 1 aromatic heterocycles. The number of carbonyl (C=O) groups is 2. The standard InChI is InChI=1S/C13H12BrN3O2.C5H12N2O/c14-8-1-2-9-10(13(18)19)6-17(11(9)5-8)7-12-15-3-4-16-12;1-6(2)5(8)7(3)4/h1-2,5-6H,3-4,7H2,(H,15,16)(H,18,19);1-4H3. The topological polar surface area (TPSA) is 90.2 Å². The number of rotatable bonds is 3. The molecular weight excluding hydrogens is 414 g/mol. The molecule has 2 amide bonds. The van der Waals surface area contributed by atoms with E-state index < -0.39 is 5.97 Å². The van der Waals surface area contributed by atoms with Gasteiger partial charge >= 0.3 is 12.0 Å². The highest BCUT2D eigenvalue weighted by Crippen LogP contribution is 2.25. The van der Waals surface area contributed by atoms with Gasteiger partial charge in [-0.25, -0.2) is 9.59 Å². The van der Waals surface area contributed by atoms with Gasteiger partial charge in [-0.3, -0.25) is 4.99 Å². The van der Waals surface area contributed by atoms with Crippen molar-refractivity contribution < 1.29 is 14.7 Å². The fourth-order valence-corrected chi connectivity index (χ4v) is 3.03. The summed E-state index contributed by atoms with van der Waals surface area (Å²) in [6.45, 7) is 2.20. The molecule has 0 saturated heterocycles. The molecule has 27 heavy (non-hydrogen) atoms. The quantitative estimate of drug-likeness (QED) is 0.770. The zero-order valence-corrected chi connectivity index (χ0v) is 17.4.